The summed E-state index contributed by atoms with van der Waals surface area (Å²) >= 11 is 0. The summed E-state index contributed by atoms with van der Waals surface area (Å²) < 4.78 is 5.34. The Kier molecular flexibility index (Phi) is 7.92. The second-order valence-electron chi connectivity index (χ2n) is 8.10. The smallest absolute Gasteiger partial charge is 0.408 e. The second-order valence-corrected chi connectivity index (χ2v) is 11.6. The molecule has 0 aliphatic rings. The van der Waals surface area contributed by atoms with E-state index in [0.717, 1.165) is 21.5 Å². The Morgan fingerprint density at radius 2 is 1.09 bits per heavy atom. The van der Waals surface area contributed by atoms with E-state index in [1.165, 1.54) is 0 Å². The SMILES string of the molecule is O=C(NC(C[P+](c1ccccc1)(c1ccccc1)c1ccccc1)C(=O)O)OCc1ccccc1. The van der Waals surface area contributed by atoms with Gasteiger partial charge in [0.25, 0.3) is 0 Å². The highest BCUT2D eigenvalue weighted by Crippen LogP contribution is 2.55. The van der Waals surface area contributed by atoms with Crippen LogP contribution in [0.2, 0.25) is 0 Å². The quantitative estimate of drug-likeness (QED) is 0.346. The predicted octanol–water partition coefficient (Wildman–Crippen LogP) is 4.36. The number of hydrogen-bond acceptors (Lipinski definition) is 3. The summed E-state index contributed by atoms with van der Waals surface area (Å²) in [5.41, 5.74) is 0.828. The second kappa shape index (κ2) is 11.5. The van der Waals surface area contributed by atoms with Gasteiger partial charge in [-0.1, -0.05) is 84.9 Å². The van der Waals surface area contributed by atoms with E-state index in [0.29, 0.717) is 0 Å². The first-order valence-corrected chi connectivity index (χ1v) is 13.3. The number of benzene rings is 4. The molecule has 0 fully saturated rings. The molecular formula is C29H27NO4P+. The van der Waals surface area contributed by atoms with Gasteiger partial charge in [0.1, 0.15) is 35.9 Å². The number of alkyl carbamates (subject to hydrolysis) is 1. The first-order chi connectivity index (χ1) is 17.1. The molecule has 176 valence electrons. The third kappa shape index (κ3) is 5.76. The van der Waals surface area contributed by atoms with Gasteiger partial charge in [0.2, 0.25) is 0 Å². The Bertz CT molecular complexity index is 1140. The summed E-state index contributed by atoms with van der Waals surface area (Å²) in [5, 5.41) is 15.9. The van der Waals surface area contributed by atoms with Crippen molar-refractivity contribution >= 4 is 35.2 Å². The normalized spacial score (nSPS) is 11.9. The summed E-state index contributed by atoms with van der Waals surface area (Å²) in [6, 6.07) is 38.0. The van der Waals surface area contributed by atoms with Crippen LogP contribution in [0, 0.1) is 0 Å². The Morgan fingerprint density at radius 1 is 0.686 bits per heavy atom. The number of hydrogen-bond donors (Lipinski definition) is 2. The van der Waals surface area contributed by atoms with Crippen LogP contribution in [0.15, 0.2) is 121 Å². The van der Waals surface area contributed by atoms with Gasteiger partial charge in [0, 0.05) is 0 Å². The molecule has 4 aromatic carbocycles. The van der Waals surface area contributed by atoms with E-state index in [1.807, 2.05) is 121 Å². The molecule has 0 radical (unpaired) electrons. The van der Waals surface area contributed by atoms with Crippen LogP contribution in [-0.4, -0.2) is 29.4 Å². The van der Waals surface area contributed by atoms with E-state index in [2.05, 4.69) is 5.32 Å². The molecular weight excluding hydrogens is 457 g/mol. The molecule has 0 aromatic heterocycles. The van der Waals surface area contributed by atoms with E-state index in [4.69, 9.17) is 4.74 Å². The molecule has 0 saturated heterocycles. The van der Waals surface area contributed by atoms with Crippen LogP contribution in [0.25, 0.3) is 0 Å². The van der Waals surface area contributed by atoms with Crippen molar-refractivity contribution in [2.45, 2.75) is 12.6 Å². The molecule has 0 aliphatic heterocycles. The molecule has 1 unspecified atom stereocenters. The summed E-state index contributed by atoms with van der Waals surface area (Å²) in [4.78, 5) is 25.1. The fraction of sp³-hybridized carbons (Fsp3) is 0.103. The molecule has 0 bridgehead atoms. The van der Waals surface area contributed by atoms with E-state index in [-0.39, 0.29) is 12.8 Å². The largest absolute Gasteiger partial charge is 0.480 e. The number of carbonyl (C=O) groups excluding carboxylic acids is 1. The third-order valence-corrected chi connectivity index (χ3v) is 10.3. The number of aliphatic carboxylic acids is 1. The molecule has 1 amide bonds. The zero-order valence-electron chi connectivity index (χ0n) is 19.2. The summed E-state index contributed by atoms with van der Waals surface area (Å²) in [5.74, 6) is -1.10. The predicted molar refractivity (Wildman–Crippen MR) is 141 cm³/mol. The minimum atomic E-state index is -2.45. The van der Waals surface area contributed by atoms with Crippen molar-refractivity contribution in [3.05, 3.63) is 127 Å². The van der Waals surface area contributed by atoms with Gasteiger partial charge in [-0.25, -0.2) is 9.59 Å². The zero-order chi connectivity index (χ0) is 24.5. The Hall–Kier alpha value is -3.95. The van der Waals surface area contributed by atoms with Gasteiger partial charge in [-0.2, -0.15) is 0 Å². The molecule has 0 aliphatic carbocycles. The molecule has 0 saturated carbocycles. The lowest BCUT2D eigenvalue weighted by Gasteiger charge is -2.30. The highest BCUT2D eigenvalue weighted by molar-refractivity contribution is 7.95. The number of carboxylic acid groups (broad SMARTS) is 1. The molecule has 5 nitrogen and oxygen atoms in total. The minimum Gasteiger partial charge on any atom is -0.480 e. The van der Waals surface area contributed by atoms with Crippen LogP contribution in [0.5, 0.6) is 0 Å². The van der Waals surface area contributed by atoms with Crippen molar-refractivity contribution in [2.24, 2.45) is 0 Å². The Labute approximate surface area is 205 Å². The molecule has 0 heterocycles. The maximum Gasteiger partial charge on any atom is 0.408 e. The number of rotatable bonds is 9. The summed E-state index contributed by atoms with van der Waals surface area (Å²) in [6.45, 7) is 0.0648. The van der Waals surface area contributed by atoms with Gasteiger partial charge in [0.05, 0.1) is 0 Å². The number of carboxylic acids is 1. The molecule has 1 atom stereocenters. The maximum atomic E-state index is 12.6. The van der Waals surface area contributed by atoms with Gasteiger partial charge in [-0.05, 0) is 42.0 Å². The van der Waals surface area contributed by atoms with Crippen molar-refractivity contribution in [1.82, 2.24) is 5.32 Å². The first-order valence-electron chi connectivity index (χ1n) is 11.3. The standard InChI is InChI=1S/C29H26NO4P/c31-28(32)27(30-29(33)34-21-23-13-5-1-6-14-23)22-35(24-15-7-2-8-16-24,25-17-9-3-10-18-25)26-19-11-4-12-20-26/h1-20,27H,21-22H2,(H-,30,31,32,33)/p+1. The van der Waals surface area contributed by atoms with E-state index >= 15 is 0 Å². The Morgan fingerprint density at radius 3 is 1.49 bits per heavy atom. The summed E-state index contributed by atoms with van der Waals surface area (Å²) in [7, 11) is -2.45. The Balaban J connectivity index is 1.71. The van der Waals surface area contributed by atoms with E-state index in [1.54, 1.807) is 0 Å². The van der Waals surface area contributed by atoms with Crippen molar-refractivity contribution in [3.63, 3.8) is 0 Å². The summed E-state index contributed by atoms with van der Waals surface area (Å²) in [6.07, 6.45) is -0.547. The lowest BCUT2D eigenvalue weighted by atomic mass is 10.2. The van der Waals surface area contributed by atoms with Crippen molar-refractivity contribution < 1.29 is 19.4 Å². The number of nitrogens with one attached hydrogen (secondary N) is 1. The molecule has 6 heteroatoms. The highest BCUT2D eigenvalue weighted by Gasteiger charge is 2.49. The first kappa shape index (κ1) is 24.2. The van der Waals surface area contributed by atoms with Crippen molar-refractivity contribution in [2.75, 3.05) is 6.16 Å². The van der Waals surface area contributed by atoms with Crippen LogP contribution < -0.4 is 21.2 Å². The minimum absolute atomic E-state index is 0.0648. The van der Waals surface area contributed by atoms with Crippen LogP contribution in [0.1, 0.15) is 5.56 Å². The lowest BCUT2D eigenvalue weighted by Crippen LogP contribution is -2.48. The fourth-order valence-corrected chi connectivity index (χ4v) is 8.54. The van der Waals surface area contributed by atoms with Crippen LogP contribution in [0.3, 0.4) is 0 Å². The molecule has 4 aromatic rings. The van der Waals surface area contributed by atoms with Gasteiger partial charge in [0.15, 0.2) is 6.04 Å². The van der Waals surface area contributed by atoms with Gasteiger partial charge in [-0.15, -0.1) is 0 Å². The van der Waals surface area contributed by atoms with Gasteiger partial charge in [-0.3, -0.25) is 0 Å². The van der Waals surface area contributed by atoms with Crippen LogP contribution in [-0.2, 0) is 16.1 Å². The topological polar surface area (TPSA) is 75.6 Å². The monoisotopic (exact) mass is 484 g/mol. The molecule has 35 heavy (non-hydrogen) atoms. The number of ether oxygens (including phenoxy) is 1. The molecule has 2 N–H and O–H groups in total. The fourth-order valence-electron chi connectivity index (χ4n) is 4.18. The van der Waals surface area contributed by atoms with E-state index < -0.39 is 25.4 Å². The van der Waals surface area contributed by atoms with Crippen molar-refractivity contribution in [3.8, 4) is 0 Å². The van der Waals surface area contributed by atoms with Gasteiger partial charge < -0.3 is 15.2 Å². The molecule has 4 rings (SSSR count). The van der Waals surface area contributed by atoms with E-state index in [9.17, 15) is 14.7 Å². The number of amides is 1. The highest BCUT2D eigenvalue weighted by atomic mass is 31.2. The molecule has 0 spiro atoms. The third-order valence-electron chi connectivity index (χ3n) is 5.85. The number of carbonyl (C=O) groups is 2. The van der Waals surface area contributed by atoms with Crippen LogP contribution >= 0.6 is 7.26 Å². The van der Waals surface area contributed by atoms with Gasteiger partial charge >= 0.3 is 12.1 Å². The zero-order valence-corrected chi connectivity index (χ0v) is 20.1. The maximum absolute atomic E-state index is 12.6. The average molecular weight is 485 g/mol. The van der Waals surface area contributed by atoms with Crippen molar-refractivity contribution in [1.29, 1.82) is 0 Å². The lowest BCUT2D eigenvalue weighted by molar-refractivity contribution is -0.138. The van der Waals surface area contributed by atoms with Crippen LogP contribution in [0.4, 0.5) is 4.79 Å². The average Bonchev–Trinajstić information content (AvgIpc) is 2.92.